The van der Waals surface area contributed by atoms with Gasteiger partial charge in [-0.05, 0) is 12.8 Å². The van der Waals surface area contributed by atoms with Crippen LogP contribution in [-0.2, 0) is 90.5 Å². The van der Waals surface area contributed by atoms with Crippen LogP contribution in [0.25, 0.3) is 0 Å². The minimum Gasteiger partial charge on any atom is -0.477 e. The number of carbonyl (C=O) groups excluding carboxylic acids is 5. The van der Waals surface area contributed by atoms with Gasteiger partial charge in [0.05, 0.1) is 88.2 Å². The zero-order valence-electron chi connectivity index (χ0n) is 60.4. The number of ether oxygens (including phenoxy) is 11. The summed E-state index contributed by atoms with van der Waals surface area (Å²) in [5.41, 5.74) is 0. The van der Waals surface area contributed by atoms with Crippen LogP contribution in [0.1, 0.15) is 131 Å². The van der Waals surface area contributed by atoms with E-state index in [1.807, 2.05) is 0 Å². The molecule has 5 aliphatic rings. The second-order valence-electron chi connectivity index (χ2n) is 27.5. The van der Waals surface area contributed by atoms with E-state index < -0.39 is 283 Å². The standard InChI is InChI=1S/C66H110N4O38/c1-6-7-8-9-10-11-12-13-14-15-16-17-18-19-35(81)34(67-29-76)28-98-59-52(90)51(89)54(43(27-75)101-59)102-60-53(91)58(48(86)40(24-72)100-60)108-66(63(96)97)22-38(84)46(70-32(4)79)57(107-66)50(88)42(26-74)104-65(62(94)95)21-37(83)45(69-31(3)78)56(106-65)49(87)41(25-73)103-64(61(92)93)20-36(82)44(68-30(2)77)55(105-64)47(85)39(23-71)99-33(5)80/h18-19,29,34-60,71-75,81-91H,6-17,20-28H2,1-5H3,(H,67,76)(H,68,77)(H,69,78)(H,70,79)(H,92,93)(H,94,95)(H,96,97)/b19-18+/t34-,35+,36-,37-,38-,39+,40+,41+,42+,43+,44+,45+,46+,47+,48-,49+,50+,51+,52+,53+,54+,55+,56+,57+,58-,59+,60-,64+,65+,66-/m0/s1. The van der Waals surface area contributed by atoms with Gasteiger partial charge in [-0.2, -0.15) is 0 Å². The first-order chi connectivity index (χ1) is 51.0. The maximum Gasteiger partial charge on any atom is 0.364 e. The number of carboxylic acids is 3. The summed E-state index contributed by atoms with van der Waals surface area (Å²) < 4.78 is 62.4. The zero-order valence-corrected chi connectivity index (χ0v) is 60.4. The molecule has 30 atom stereocenters. The minimum atomic E-state index is -3.59. The number of unbranched alkanes of at least 4 members (excludes halogenated alkanes) is 11. The Morgan fingerprint density at radius 3 is 1.31 bits per heavy atom. The van der Waals surface area contributed by atoms with Crippen molar-refractivity contribution >= 4 is 48.0 Å². The van der Waals surface area contributed by atoms with Crippen molar-refractivity contribution in [1.82, 2.24) is 21.3 Å². The highest BCUT2D eigenvalue weighted by Crippen LogP contribution is 2.43. The molecule has 5 saturated heterocycles. The lowest BCUT2D eigenvalue weighted by atomic mass is 9.86. The highest BCUT2D eigenvalue weighted by Gasteiger charge is 2.64. The SMILES string of the molecule is CCCCCCCCCCCCC/C=C/[C@@H](O)[C@H](CO[C@@H]1O[C@H](CO)[C@@H](O[C@@H]2O[C@H](CO)[C@H](O)[C@H](O[C@]3(C(=O)O)C[C@H](O)[C@@H](NC(C)=O)[C@H]([C@H](O)[C@@H](CO)O[C@]4(C(=O)O)C[C@H](O)[C@@H](NC(C)=O)[C@H]([C@H](O)[C@@H](CO)O[C@]5(C(=O)O)C[C@H](O)[C@@H](NC(C)=O)[C@H]([C@H](O)[C@@H](CO)OC(C)=O)O5)O4)O3)[C@H]2O)[C@H](O)[C@H]1O)NC=O. The van der Waals surface area contributed by atoms with E-state index in [1.54, 1.807) is 6.08 Å². The Labute approximate surface area is 620 Å². The average Bonchev–Trinajstić information content (AvgIpc) is 0.753. The predicted octanol–water partition coefficient (Wildman–Crippen LogP) is -8.55. The number of rotatable bonds is 45. The molecule has 5 heterocycles. The van der Waals surface area contributed by atoms with E-state index in [4.69, 9.17) is 52.1 Å². The molecule has 5 rings (SSSR count). The van der Waals surface area contributed by atoms with Crippen LogP contribution in [0.2, 0.25) is 0 Å². The van der Waals surface area contributed by atoms with Crippen LogP contribution in [0.5, 0.6) is 0 Å². The lowest BCUT2D eigenvalue weighted by molar-refractivity contribution is -0.388. The van der Waals surface area contributed by atoms with Gasteiger partial charge in [-0.1, -0.05) is 83.3 Å². The van der Waals surface area contributed by atoms with E-state index in [1.165, 1.54) is 44.6 Å². The monoisotopic (exact) mass is 1570 g/mol. The quantitative estimate of drug-likeness (QED) is 0.0117. The molecule has 108 heavy (non-hydrogen) atoms. The van der Waals surface area contributed by atoms with Crippen LogP contribution < -0.4 is 21.3 Å². The van der Waals surface area contributed by atoms with Crippen molar-refractivity contribution in [2.75, 3.05) is 39.6 Å². The van der Waals surface area contributed by atoms with Crippen LogP contribution in [0.4, 0.5) is 0 Å². The fourth-order valence-electron chi connectivity index (χ4n) is 13.6. The molecule has 5 fully saturated rings. The fourth-order valence-corrected chi connectivity index (χ4v) is 13.6. The number of aliphatic hydroxyl groups excluding tert-OH is 16. The minimum absolute atomic E-state index is 0.284. The second kappa shape index (κ2) is 43.5. The number of carbonyl (C=O) groups is 8. The smallest absolute Gasteiger partial charge is 0.364 e. The normalized spacial score (nSPS) is 35.4. The van der Waals surface area contributed by atoms with Gasteiger partial charge < -0.3 is 170 Å². The van der Waals surface area contributed by atoms with Gasteiger partial charge in [0, 0.05) is 47.0 Å². The Kier molecular flexibility index (Phi) is 37.5. The molecule has 0 radical (unpaired) electrons. The highest BCUT2D eigenvalue weighted by atomic mass is 16.8. The van der Waals surface area contributed by atoms with Crippen LogP contribution >= 0.6 is 0 Å². The van der Waals surface area contributed by atoms with Crippen molar-refractivity contribution < 1.29 is 187 Å². The largest absolute Gasteiger partial charge is 0.477 e. The summed E-state index contributed by atoms with van der Waals surface area (Å²) in [6.07, 6.45) is -39.4. The third-order valence-electron chi connectivity index (χ3n) is 19.2. The van der Waals surface area contributed by atoms with E-state index >= 15 is 0 Å². The van der Waals surface area contributed by atoms with Crippen LogP contribution in [0.3, 0.4) is 0 Å². The first-order valence-corrected chi connectivity index (χ1v) is 35.7. The van der Waals surface area contributed by atoms with Gasteiger partial charge in [0.1, 0.15) is 97.7 Å². The van der Waals surface area contributed by atoms with Gasteiger partial charge >= 0.3 is 23.9 Å². The molecule has 4 amide bonds. The van der Waals surface area contributed by atoms with Crippen molar-refractivity contribution in [2.45, 2.75) is 313 Å². The van der Waals surface area contributed by atoms with E-state index in [-0.39, 0.29) is 6.41 Å². The number of nitrogens with one attached hydrogen (secondary N) is 4. The Balaban J connectivity index is 1.39. The van der Waals surface area contributed by atoms with Crippen molar-refractivity contribution in [2.24, 2.45) is 0 Å². The second-order valence-corrected chi connectivity index (χ2v) is 27.5. The average molecular weight is 1570 g/mol. The predicted molar refractivity (Wildman–Crippen MR) is 355 cm³/mol. The first kappa shape index (κ1) is 93.1. The number of allylic oxidation sites excluding steroid dienone is 1. The highest BCUT2D eigenvalue weighted by molar-refractivity contribution is 5.78. The van der Waals surface area contributed by atoms with Gasteiger partial charge in [0.15, 0.2) is 18.7 Å². The van der Waals surface area contributed by atoms with Gasteiger partial charge in [-0.15, -0.1) is 0 Å². The third-order valence-corrected chi connectivity index (χ3v) is 19.2. The first-order valence-electron chi connectivity index (χ1n) is 35.7. The lowest BCUT2D eigenvalue weighted by Crippen LogP contribution is -2.72. The van der Waals surface area contributed by atoms with Gasteiger partial charge in [-0.3, -0.25) is 24.0 Å². The van der Waals surface area contributed by atoms with E-state index in [0.717, 1.165) is 59.8 Å². The van der Waals surface area contributed by atoms with Gasteiger partial charge in [0.25, 0.3) is 17.4 Å². The summed E-state index contributed by atoms with van der Waals surface area (Å²) in [6, 6.07) is -7.08. The summed E-state index contributed by atoms with van der Waals surface area (Å²) in [5, 5.41) is 223. The molecule has 0 spiro atoms. The number of hydrogen-bond acceptors (Lipinski definition) is 35. The van der Waals surface area contributed by atoms with Crippen LogP contribution in [-0.4, -0.2) is 367 Å². The number of carboxylic acid groups (broad SMARTS) is 3. The zero-order chi connectivity index (χ0) is 80.7. The molecule has 0 aromatic heterocycles. The molecule has 622 valence electrons. The van der Waals surface area contributed by atoms with Crippen LogP contribution in [0, 0.1) is 0 Å². The Bertz CT molecular complexity index is 2870. The molecule has 42 heteroatoms. The molecule has 23 N–H and O–H groups in total. The van der Waals surface area contributed by atoms with Crippen molar-refractivity contribution in [3.8, 4) is 0 Å². The molecule has 0 saturated carbocycles. The summed E-state index contributed by atoms with van der Waals surface area (Å²) >= 11 is 0. The van der Waals surface area contributed by atoms with Crippen molar-refractivity contribution in [3.63, 3.8) is 0 Å². The summed E-state index contributed by atoms with van der Waals surface area (Å²) in [5.74, 6) is -21.4. The molecule has 0 unspecified atom stereocenters. The number of hydrogen-bond donors (Lipinski definition) is 23. The summed E-state index contributed by atoms with van der Waals surface area (Å²) in [7, 11) is 0. The molecule has 0 aliphatic carbocycles. The summed E-state index contributed by atoms with van der Waals surface area (Å²) in [6.45, 7) is -1.53. The number of aliphatic hydroxyl groups is 16. The maximum atomic E-state index is 13.7. The number of aliphatic carboxylic acids is 3. The Morgan fingerprint density at radius 2 is 0.917 bits per heavy atom. The van der Waals surface area contributed by atoms with Gasteiger partial charge in [0.2, 0.25) is 24.1 Å². The van der Waals surface area contributed by atoms with E-state index in [0.29, 0.717) is 6.42 Å². The Hall–Kier alpha value is -5.54. The fraction of sp³-hybridized carbons (Fsp3) is 0.848. The molecular weight excluding hydrogens is 1460 g/mol. The third kappa shape index (κ3) is 24.2. The van der Waals surface area contributed by atoms with Gasteiger partial charge in [-0.25, -0.2) is 14.4 Å². The lowest BCUT2D eigenvalue weighted by Gasteiger charge is -2.51. The molecule has 0 bridgehead atoms. The van der Waals surface area contributed by atoms with Crippen LogP contribution in [0.15, 0.2) is 12.2 Å². The summed E-state index contributed by atoms with van der Waals surface area (Å²) in [4.78, 5) is 102. The number of amides is 4. The molecule has 5 aliphatic heterocycles. The van der Waals surface area contributed by atoms with E-state index in [9.17, 15) is 135 Å². The molecule has 42 nitrogen and oxygen atoms in total. The Morgan fingerprint density at radius 1 is 0.509 bits per heavy atom. The van der Waals surface area contributed by atoms with Crippen molar-refractivity contribution in [1.29, 1.82) is 0 Å². The van der Waals surface area contributed by atoms with Crippen molar-refractivity contribution in [3.05, 3.63) is 12.2 Å². The van der Waals surface area contributed by atoms with E-state index in [2.05, 4.69) is 28.2 Å². The molecular formula is C66H110N4O38. The topological polar surface area (TPSA) is 671 Å². The number of esters is 1. The molecule has 0 aromatic carbocycles. The maximum absolute atomic E-state index is 13.7. The molecule has 0 aromatic rings.